The Morgan fingerprint density at radius 1 is 1.13 bits per heavy atom. The van der Waals surface area contributed by atoms with Crippen molar-refractivity contribution in [1.82, 2.24) is 0 Å². The van der Waals surface area contributed by atoms with Crippen LogP contribution in [-0.4, -0.2) is 4.87 Å². The lowest BCUT2D eigenvalue weighted by Crippen LogP contribution is -2.30. The molecular formula is C20H18ClNO. The van der Waals surface area contributed by atoms with Crippen LogP contribution in [0.5, 0.6) is 11.5 Å². The van der Waals surface area contributed by atoms with E-state index in [1.807, 2.05) is 49.4 Å². The first kappa shape index (κ1) is 15.6. The number of halogens is 1. The third-order valence-corrected chi connectivity index (χ3v) is 4.76. The number of alkyl halides is 1. The molecule has 0 saturated heterocycles. The van der Waals surface area contributed by atoms with Crippen LogP contribution >= 0.6 is 11.6 Å². The second-order valence-electron chi connectivity index (χ2n) is 6.23. The van der Waals surface area contributed by atoms with E-state index in [1.54, 1.807) is 6.92 Å². The molecule has 0 bridgehead atoms. The molecule has 3 heteroatoms. The predicted molar refractivity (Wildman–Crippen MR) is 93.0 cm³/mol. The third-order valence-electron chi connectivity index (χ3n) is 4.57. The highest BCUT2D eigenvalue weighted by Gasteiger charge is 2.40. The second kappa shape index (κ2) is 5.44. The maximum atomic E-state index is 9.26. The van der Waals surface area contributed by atoms with Gasteiger partial charge in [0.1, 0.15) is 16.4 Å². The van der Waals surface area contributed by atoms with E-state index in [-0.39, 0.29) is 0 Å². The molecule has 0 saturated carbocycles. The normalized spacial score (nSPS) is 18.0. The molecule has 2 aromatic rings. The minimum atomic E-state index is -1.03. The summed E-state index contributed by atoms with van der Waals surface area (Å²) >= 11 is 6.28. The number of benzene rings is 2. The van der Waals surface area contributed by atoms with E-state index in [2.05, 4.69) is 25.1 Å². The molecule has 0 amide bonds. The molecule has 23 heavy (non-hydrogen) atoms. The number of hydrogen-bond acceptors (Lipinski definition) is 2. The summed E-state index contributed by atoms with van der Waals surface area (Å²) in [6.45, 7) is 5.89. The number of rotatable bonds is 2. The van der Waals surface area contributed by atoms with Gasteiger partial charge in [-0.3, -0.25) is 0 Å². The fourth-order valence-corrected chi connectivity index (χ4v) is 3.37. The first-order valence-corrected chi connectivity index (χ1v) is 7.93. The Morgan fingerprint density at radius 3 is 2.09 bits per heavy atom. The Morgan fingerprint density at radius 2 is 1.61 bits per heavy atom. The molecular weight excluding hydrogens is 306 g/mol. The molecule has 2 aromatic carbocycles. The molecule has 2 nitrogen and oxygen atoms in total. The summed E-state index contributed by atoms with van der Waals surface area (Å²) in [7, 11) is 0. The van der Waals surface area contributed by atoms with Crippen molar-refractivity contribution in [3.8, 4) is 17.6 Å². The van der Waals surface area contributed by atoms with Gasteiger partial charge in [0, 0.05) is 16.5 Å². The van der Waals surface area contributed by atoms with Gasteiger partial charge in [0.05, 0.1) is 6.07 Å². The maximum Gasteiger partial charge on any atom is 0.146 e. The average Bonchev–Trinajstić information content (AvgIpc) is 2.54. The summed E-state index contributed by atoms with van der Waals surface area (Å²) in [6, 6.07) is 18.2. The van der Waals surface area contributed by atoms with E-state index in [9.17, 15) is 5.26 Å². The molecule has 0 unspecified atom stereocenters. The maximum absolute atomic E-state index is 9.26. The largest absolute Gasteiger partial charge is 0.457 e. The van der Waals surface area contributed by atoms with Crippen molar-refractivity contribution in [2.45, 2.75) is 31.1 Å². The van der Waals surface area contributed by atoms with Gasteiger partial charge in [-0.2, -0.15) is 5.26 Å². The van der Waals surface area contributed by atoms with E-state index in [0.29, 0.717) is 0 Å². The van der Waals surface area contributed by atoms with Gasteiger partial charge in [-0.1, -0.05) is 53.6 Å². The zero-order valence-corrected chi connectivity index (χ0v) is 14.2. The zero-order chi connectivity index (χ0) is 16.7. The lowest BCUT2D eigenvalue weighted by atomic mass is 9.69. The van der Waals surface area contributed by atoms with Gasteiger partial charge in [0.15, 0.2) is 0 Å². The van der Waals surface area contributed by atoms with E-state index >= 15 is 0 Å². The van der Waals surface area contributed by atoms with Crippen molar-refractivity contribution in [3.63, 3.8) is 0 Å². The van der Waals surface area contributed by atoms with Crippen LogP contribution in [0, 0.1) is 11.3 Å². The number of hydrogen-bond donors (Lipinski definition) is 0. The van der Waals surface area contributed by atoms with E-state index in [0.717, 1.165) is 28.2 Å². The van der Waals surface area contributed by atoms with Gasteiger partial charge in [0.2, 0.25) is 0 Å². The Labute approximate surface area is 142 Å². The standard InChI is InChI=1S/C20H18ClNO/c1-14(12-19(2,21)13-22)20(3)15-8-4-6-10-17(15)23-18-11-7-5-9-16(18)20/h4-12H,1-3H3/b14-12+/t19-/m0/s1. The highest BCUT2D eigenvalue weighted by Crippen LogP contribution is 2.51. The van der Waals surface area contributed by atoms with Crippen molar-refractivity contribution >= 4 is 11.6 Å². The third kappa shape index (κ3) is 2.52. The predicted octanol–water partition coefficient (Wildman–Crippen LogP) is 5.57. The van der Waals surface area contributed by atoms with Crippen LogP contribution in [0.3, 0.4) is 0 Å². The minimum Gasteiger partial charge on any atom is -0.457 e. The summed E-state index contributed by atoms with van der Waals surface area (Å²) in [5.74, 6) is 1.68. The Kier molecular flexibility index (Phi) is 3.70. The molecule has 0 radical (unpaired) electrons. The number of ether oxygens (including phenoxy) is 1. The molecule has 0 aliphatic carbocycles. The Bertz CT molecular complexity index is 784. The van der Waals surface area contributed by atoms with Crippen LogP contribution in [0.2, 0.25) is 0 Å². The second-order valence-corrected chi connectivity index (χ2v) is 7.02. The van der Waals surface area contributed by atoms with E-state index in [4.69, 9.17) is 16.3 Å². The Hall–Kier alpha value is -2.24. The molecule has 1 aliphatic heterocycles. The molecule has 116 valence electrons. The van der Waals surface area contributed by atoms with E-state index in [1.165, 1.54) is 0 Å². The SMILES string of the molecule is C/C(=C\[C@](C)(Cl)C#N)C1(C)c2ccccc2Oc2ccccc21. The summed E-state index contributed by atoms with van der Waals surface area (Å²) < 4.78 is 6.05. The van der Waals surface area contributed by atoms with Crippen LogP contribution in [0.25, 0.3) is 0 Å². The fraction of sp³-hybridized carbons (Fsp3) is 0.250. The smallest absolute Gasteiger partial charge is 0.146 e. The van der Waals surface area contributed by atoms with Gasteiger partial charge in [-0.25, -0.2) is 0 Å². The van der Waals surface area contributed by atoms with Crippen LogP contribution < -0.4 is 4.74 Å². The summed E-state index contributed by atoms with van der Waals surface area (Å²) in [4.78, 5) is -1.03. The molecule has 1 atom stereocenters. The zero-order valence-electron chi connectivity index (χ0n) is 13.4. The molecule has 0 spiro atoms. The highest BCUT2D eigenvalue weighted by molar-refractivity contribution is 6.27. The number of fused-ring (bicyclic) bond motifs is 2. The monoisotopic (exact) mass is 323 g/mol. The molecule has 0 fully saturated rings. The first-order chi connectivity index (χ1) is 10.9. The summed E-state index contributed by atoms with van der Waals surface area (Å²) in [5, 5.41) is 9.26. The lowest BCUT2D eigenvalue weighted by molar-refractivity contribution is 0.424. The molecule has 0 aromatic heterocycles. The minimum absolute atomic E-state index is 0.390. The molecule has 0 N–H and O–H groups in total. The number of allylic oxidation sites excluding steroid dienone is 2. The van der Waals surface area contributed by atoms with Crippen molar-refractivity contribution < 1.29 is 4.74 Å². The van der Waals surface area contributed by atoms with Gasteiger partial charge >= 0.3 is 0 Å². The quantitative estimate of drug-likeness (QED) is 0.535. The first-order valence-electron chi connectivity index (χ1n) is 7.55. The molecule has 1 aliphatic rings. The van der Waals surface area contributed by atoms with Crippen molar-refractivity contribution in [2.24, 2.45) is 0 Å². The topological polar surface area (TPSA) is 33.0 Å². The number of para-hydroxylation sites is 2. The van der Waals surface area contributed by atoms with Crippen molar-refractivity contribution in [2.75, 3.05) is 0 Å². The van der Waals surface area contributed by atoms with Gasteiger partial charge in [-0.15, -0.1) is 0 Å². The number of nitriles is 1. The lowest BCUT2D eigenvalue weighted by Gasteiger charge is -2.39. The molecule has 1 heterocycles. The van der Waals surface area contributed by atoms with Crippen molar-refractivity contribution in [3.05, 3.63) is 71.3 Å². The van der Waals surface area contributed by atoms with Crippen LogP contribution in [-0.2, 0) is 5.41 Å². The van der Waals surface area contributed by atoms with Gasteiger partial charge in [-0.05, 0) is 39.0 Å². The summed E-state index contributed by atoms with van der Waals surface area (Å²) in [5.41, 5.74) is 2.80. The average molecular weight is 324 g/mol. The summed E-state index contributed by atoms with van der Waals surface area (Å²) in [6.07, 6.45) is 1.84. The van der Waals surface area contributed by atoms with Crippen LogP contribution in [0.1, 0.15) is 31.9 Å². The fourth-order valence-electron chi connectivity index (χ4n) is 3.21. The molecule has 3 rings (SSSR count). The number of nitrogens with zero attached hydrogens (tertiary/aromatic N) is 1. The van der Waals surface area contributed by atoms with Crippen molar-refractivity contribution in [1.29, 1.82) is 5.26 Å². The Balaban J connectivity index is 2.28. The van der Waals surface area contributed by atoms with Crippen LogP contribution in [0.4, 0.5) is 0 Å². The van der Waals surface area contributed by atoms with Crippen LogP contribution in [0.15, 0.2) is 60.2 Å². The van der Waals surface area contributed by atoms with Gasteiger partial charge in [0.25, 0.3) is 0 Å². The van der Waals surface area contributed by atoms with Gasteiger partial charge < -0.3 is 4.74 Å². The van der Waals surface area contributed by atoms with E-state index < -0.39 is 10.3 Å². The highest BCUT2D eigenvalue weighted by atomic mass is 35.5.